The summed E-state index contributed by atoms with van der Waals surface area (Å²) in [4.78, 5) is 14.7. The lowest BCUT2D eigenvalue weighted by molar-refractivity contribution is -0.121. The summed E-state index contributed by atoms with van der Waals surface area (Å²) in [7, 11) is 0. The third kappa shape index (κ3) is 7.43. The number of nitrogens with one attached hydrogen (secondary N) is 2. The fourth-order valence-corrected chi connectivity index (χ4v) is 3.84. The van der Waals surface area contributed by atoms with Crippen LogP contribution in [0.5, 0.6) is 0 Å². The predicted octanol–water partition coefficient (Wildman–Crippen LogP) is 3.66. The van der Waals surface area contributed by atoms with E-state index in [0.29, 0.717) is 19.0 Å². The Morgan fingerprint density at radius 2 is 1.73 bits per heavy atom. The van der Waals surface area contributed by atoms with Gasteiger partial charge in [0.2, 0.25) is 5.91 Å². The van der Waals surface area contributed by atoms with Gasteiger partial charge in [-0.1, -0.05) is 37.1 Å². The van der Waals surface area contributed by atoms with Crippen molar-refractivity contribution in [3.63, 3.8) is 0 Å². The number of rotatable bonds is 6. The van der Waals surface area contributed by atoms with Crippen molar-refractivity contribution >= 4 is 30.7 Å². The molecule has 0 spiro atoms. The van der Waals surface area contributed by atoms with Crippen LogP contribution in [-0.2, 0) is 17.9 Å². The van der Waals surface area contributed by atoms with Gasteiger partial charge in [-0.2, -0.15) is 0 Å². The average molecular weight is 402 g/mol. The van der Waals surface area contributed by atoms with Gasteiger partial charge in [0, 0.05) is 25.6 Å². The van der Waals surface area contributed by atoms with Gasteiger partial charge in [-0.05, 0) is 56.4 Å². The maximum absolute atomic E-state index is 12.2. The fourth-order valence-electron chi connectivity index (χ4n) is 3.84. The molecule has 4 nitrogen and oxygen atoms in total. The number of hydrogen-bond acceptors (Lipinski definition) is 3. The quantitative estimate of drug-likeness (QED) is 0.763. The third-order valence-electron chi connectivity index (χ3n) is 5.28. The Labute approximate surface area is 170 Å². The smallest absolute Gasteiger partial charge is 0.221 e. The molecule has 0 saturated carbocycles. The van der Waals surface area contributed by atoms with Gasteiger partial charge in [0.1, 0.15) is 0 Å². The van der Waals surface area contributed by atoms with Gasteiger partial charge < -0.3 is 10.6 Å². The Balaban J connectivity index is 0.00000169. The second-order valence-corrected chi connectivity index (χ2v) is 7.23. The van der Waals surface area contributed by atoms with Crippen LogP contribution in [0.2, 0.25) is 0 Å². The van der Waals surface area contributed by atoms with Gasteiger partial charge in [-0.25, -0.2) is 0 Å². The van der Waals surface area contributed by atoms with Gasteiger partial charge in [0.15, 0.2) is 0 Å². The van der Waals surface area contributed by atoms with E-state index in [-0.39, 0.29) is 30.7 Å². The van der Waals surface area contributed by atoms with Crippen LogP contribution < -0.4 is 10.6 Å². The monoisotopic (exact) mass is 401 g/mol. The lowest BCUT2D eigenvalue weighted by atomic mass is 10.1. The summed E-state index contributed by atoms with van der Waals surface area (Å²) < 4.78 is 0. The number of hydrogen-bond donors (Lipinski definition) is 2. The number of carbonyl (C=O) groups is 1. The van der Waals surface area contributed by atoms with Crippen molar-refractivity contribution in [3.05, 3.63) is 35.4 Å². The number of benzene rings is 1. The molecule has 2 N–H and O–H groups in total. The Bertz CT molecular complexity index is 528. The molecule has 1 unspecified atom stereocenters. The lowest BCUT2D eigenvalue weighted by Gasteiger charge is -2.21. The largest absolute Gasteiger partial charge is 0.352 e. The first-order valence-corrected chi connectivity index (χ1v) is 9.60. The molecule has 148 valence electrons. The van der Waals surface area contributed by atoms with Gasteiger partial charge in [0.25, 0.3) is 0 Å². The summed E-state index contributed by atoms with van der Waals surface area (Å²) in [5.74, 6) is 0.166. The molecule has 1 aromatic rings. The topological polar surface area (TPSA) is 44.4 Å². The molecule has 1 amide bonds. The fraction of sp³-hybridized carbons (Fsp3) is 0.650. The summed E-state index contributed by atoms with van der Waals surface area (Å²) in [5.41, 5.74) is 2.62. The molecular weight excluding hydrogens is 369 g/mol. The SMILES string of the molecule is Cl.Cl.O=C(CC1CCCN1)NCc1ccccc1CN1CCCCCC1. The maximum Gasteiger partial charge on any atom is 0.221 e. The third-order valence-corrected chi connectivity index (χ3v) is 5.28. The normalized spacial score (nSPS) is 20.5. The number of nitrogens with zero attached hydrogens (tertiary/aromatic N) is 1. The summed E-state index contributed by atoms with van der Waals surface area (Å²) >= 11 is 0. The molecule has 1 atom stereocenters. The van der Waals surface area contributed by atoms with E-state index in [1.54, 1.807) is 0 Å². The summed E-state index contributed by atoms with van der Waals surface area (Å²) in [6.07, 6.45) is 8.28. The van der Waals surface area contributed by atoms with Crippen LogP contribution in [-0.4, -0.2) is 36.5 Å². The van der Waals surface area contributed by atoms with Crippen LogP contribution in [0, 0.1) is 0 Å². The Morgan fingerprint density at radius 1 is 1.04 bits per heavy atom. The van der Waals surface area contributed by atoms with Crippen molar-refractivity contribution < 1.29 is 4.79 Å². The average Bonchev–Trinajstić information content (AvgIpc) is 2.96. The molecule has 2 aliphatic rings. The number of amides is 1. The minimum Gasteiger partial charge on any atom is -0.352 e. The minimum atomic E-state index is 0. The molecule has 6 heteroatoms. The van der Waals surface area contributed by atoms with Gasteiger partial charge in [-0.3, -0.25) is 9.69 Å². The van der Waals surface area contributed by atoms with Crippen molar-refractivity contribution in [2.45, 2.75) is 64.1 Å². The van der Waals surface area contributed by atoms with E-state index in [4.69, 9.17) is 0 Å². The van der Waals surface area contributed by atoms with E-state index in [9.17, 15) is 4.79 Å². The van der Waals surface area contributed by atoms with Crippen molar-refractivity contribution in [3.8, 4) is 0 Å². The predicted molar refractivity (Wildman–Crippen MR) is 112 cm³/mol. The van der Waals surface area contributed by atoms with E-state index in [1.807, 2.05) is 0 Å². The van der Waals surface area contributed by atoms with Crippen LogP contribution in [0.1, 0.15) is 56.1 Å². The van der Waals surface area contributed by atoms with E-state index in [2.05, 4.69) is 39.8 Å². The van der Waals surface area contributed by atoms with Crippen molar-refractivity contribution in [2.24, 2.45) is 0 Å². The van der Waals surface area contributed by atoms with Crippen LogP contribution in [0.4, 0.5) is 0 Å². The Morgan fingerprint density at radius 3 is 2.38 bits per heavy atom. The molecular formula is C20H33Cl2N3O. The zero-order chi connectivity index (χ0) is 16.6. The summed E-state index contributed by atoms with van der Waals surface area (Å²) in [5, 5.41) is 6.51. The van der Waals surface area contributed by atoms with Gasteiger partial charge in [0.05, 0.1) is 0 Å². The first-order valence-electron chi connectivity index (χ1n) is 9.60. The van der Waals surface area contributed by atoms with E-state index in [0.717, 1.165) is 19.5 Å². The second-order valence-electron chi connectivity index (χ2n) is 7.23. The van der Waals surface area contributed by atoms with Crippen LogP contribution >= 0.6 is 24.8 Å². The van der Waals surface area contributed by atoms with Crippen LogP contribution in [0.3, 0.4) is 0 Å². The van der Waals surface area contributed by atoms with Crippen molar-refractivity contribution in [1.29, 1.82) is 0 Å². The number of halogens is 2. The zero-order valence-electron chi connectivity index (χ0n) is 15.5. The number of carbonyl (C=O) groups excluding carboxylic acids is 1. The van der Waals surface area contributed by atoms with Crippen molar-refractivity contribution in [1.82, 2.24) is 15.5 Å². The molecule has 0 aliphatic carbocycles. The molecule has 3 rings (SSSR count). The zero-order valence-corrected chi connectivity index (χ0v) is 17.2. The maximum atomic E-state index is 12.2. The molecule has 0 aromatic heterocycles. The molecule has 1 aromatic carbocycles. The Kier molecular flexibility index (Phi) is 11.2. The Hall–Kier alpha value is -0.810. The highest BCUT2D eigenvalue weighted by atomic mass is 35.5. The van der Waals surface area contributed by atoms with E-state index >= 15 is 0 Å². The molecule has 0 radical (unpaired) electrons. The minimum absolute atomic E-state index is 0. The lowest BCUT2D eigenvalue weighted by Crippen LogP contribution is -2.32. The molecule has 2 saturated heterocycles. The first kappa shape index (κ1) is 23.2. The van der Waals surface area contributed by atoms with E-state index < -0.39 is 0 Å². The highest BCUT2D eigenvalue weighted by Gasteiger charge is 2.18. The molecule has 0 bridgehead atoms. The van der Waals surface area contributed by atoms with Gasteiger partial charge in [-0.15, -0.1) is 24.8 Å². The molecule has 2 heterocycles. The van der Waals surface area contributed by atoms with Crippen LogP contribution in [0.15, 0.2) is 24.3 Å². The first-order chi connectivity index (χ1) is 11.8. The second kappa shape index (κ2) is 12.6. The van der Waals surface area contributed by atoms with Crippen molar-refractivity contribution in [2.75, 3.05) is 19.6 Å². The highest BCUT2D eigenvalue weighted by molar-refractivity contribution is 5.85. The molecule has 2 aliphatic heterocycles. The highest BCUT2D eigenvalue weighted by Crippen LogP contribution is 2.16. The van der Waals surface area contributed by atoms with Crippen LogP contribution in [0.25, 0.3) is 0 Å². The summed E-state index contributed by atoms with van der Waals surface area (Å²) in [6, 6.07) is 8.93. The van der Waals surface area contributed by atoms with Gasteiger partial charge >= 0.3 is 0 Å². The number of likely N-dealkylation sites (tertiary alicyclic amines) is 1. The standard InChI is InChI=1S/C20H31N3O.2ClH/c24-20(14-19-10-7-11-21-19)22-15-17-8-3-4-9-18(17)16-23-12-5-1-2-6-13-23;;/h3-4,8-9,19,21H,1-2,5-7,10-16H2,(H,22,24);2*1H. The van der Waals surface area contributed by atoms with E-state index in [1.165, 1.54) is 56.3 Å². The molecule has 26 heavy (non-hydrogen) atoms. The molecule has 2 fully saturated rings. The summed E-state index contributed by atoms with van der Waals surface area (Å²) in [6.45, 7) is 5.12.